The minimum absolute atomic E-state index is 0.274. The van der Waals surface area contributed by atoms with Gasteiger partial charge < -0.3 is 10.6 Å². The van der Waals surface area contributed by atoms with E-state index in [1.807, 2.05) is 24.3 Å². The van der Waals surface area contributed by atoms with E-state index in [0.717, 1.165) is 10.2 Å². The van der Waals surface area contributed by atoms with Crippen molar-refractivity contribution in [3.05, 3.63) is 57.8 Å². The van der Waals surface area contributed by atoms with Gasteiger partial charge in [0, 0.05) is 4.47 Å². The molecule has 0 aliphatic heterocycles. The van der Waals surface area contributed by atoms with E-state index in [2.05, 4.69) is 26.6 Å². The maximum absolute atomic E-state index is 12.9. The van der Waals surface area contributed by atoms with Crippen molar-refractivity contribution in [2.24, 2.45) is 0 Å². The number of hydrogen-bond donors (Lipinski definition) is 2. The van der Waals surface area contributed by atoms with Crippen molar-refractivity contribution in [2.75, 3.05) is 10.6 Å². The summed E-state index contributed by atoms with van der Waals surface area (Å²) in [5.41, 5.74) is 1.38. The Kier molecular flexibility index (Phi) is 4.74. The van der Waals surface area contributed by atoms with Gasteiger partial charge in [-0.2, -0.15) is 0 Å². The summed E-state index contributed by atoms with van der Waals surface area (Å²) in [7, 11) is 0. The molecular formula is C13H9BrClFN2S. The third kappa shape index (κ3) is 3.89. The van der Waals surface area contributed by atoms with Crippen molar-refractivity contribution in [3.63, 3.8) is 0 Å². The zero-order valence-electron chi connectivity index (χ0n) is 9.58. The molecule has 0 saturated heterocycles. The van der Waals surface area contributed by atoms with Crippen LogP contribution < -0.4 is 10.6 Å². The van der Waals surface area contributed by atoms with Gasteiger partial charge in [0.05, 0.1) is 16.4 Å². The smallest absolute Gasteiger partial charge is 0.175 e. The molecule has 6 heteroatoms. The van der Waals surface area contributed by atoms with Crippen LogP contribution in [0.25, 0.3) is 0 Å². The average Bonchev–Trinajstić information content (AvgIpc) is 2.36. The molecule has 0 aliphatic carbocycles. The van der Waals surface area contributed by atoms with Crippen molar-refractivity contribution in [1.29, 1.82) is 0 Å². The molecule has 0 saturated carbocycles. The molecule has 0 radical (unpaired) electrons. The number of rotatable bonds is 2. The lowest BCUT2D eigenvalue weighted by molar-refractivity contribution is 0.628. The number of anilines is 2. The molecule has 0 unspecified atom stereocenters. The first-order valence-electron chi connectivity index (χ1n) is 5.34. The van der Waals surface area contributed by atoms with Crippen LogP contribution in [0.5, 0.6) is 0 Å². The number of nitrogens with one attached hydrogen (secondary N) is 2. The molecule has 2 N–H and O–H groups in total. The largest absolute Gasteiger partial charge is 0.332 e. The van der Waals surface area contributed by atoms with Gasteiger partial charge in [-0.15, -0.1) is 0 Å². The summed E-state index contributed by atoms with van der Waals surface area (Å²) >= 11 is 14.5. The van der Waals surface area contributed by atoms with Crippen LogP contribution in [-0.4, -0.2) is 5.11 Å². The minimum atomic E-state index is -0.389. The second-order valence-electron chi connectivity index (χ2n) is 3.68. The highest BCUT2D eigenvalue weighted by Crippen LogP contribution is 2.24. The van der Waals surface area contributed by atoms with Gasteiger partial charge in [-0.25, -0.2) is 4.39 Å². The predicted molar refractivity (Wildman–Crippen MR) is 85.4 cm³/mol. The summed E-state index contributed by atoms with van der Waals surface area (Å²) in [6.45, 7) is 0. The van der Waals surface area contributed by atoms with Crippen LogP contribution in [0.15, 0.2) is 46.9 Å². The second-order valence-corrected chi connectivity index (χ2v) is 5.35. The van der Waals surface area contributed by atoms with Gasteiger partial charge >= 0.3 is 0 Å². The first kappa shape index (κ1) is 14.2. The maximum Gasteiger partial charge on any atom is 0.175 e. The highest BCUT2D eigenvalue weighted by molar-refractivity contribution is 9.10. The zero-order chi connectivity index (χ0) is 13.8. The SMILES string of the molecule is Fc1ccc(NC(=S)Nc2ccccc2Br)c(Cl)c1. The Labute approximate surface area is 129 Å². The average molecular weight is 360 g/mol. The van der Waals surface area contributed by atoms with Crippen LogP contribution in [0, 0.1) is 5.82 Å². The molecule has 2 rings (SSSR count). The topological polar surface area (TPSA) is 24.1 Å². The molecule has 0 heterocycles. The third-order valence-electron chi connectivity index (χ3n) is 2.30. The number of thiocarbonyl (C=S) groups is 1. The lowest BCUT2D eigenvalue weighted by atomic mass is 10.3. The van der Waals surface area contributed by atoms with Gasteiger partial charge in [-0.05, 0) is 58.5 Å². The molecule has 0 atom stereocenters. The molecule has 0 amide bonds. The van der Waals surface area contributed by atoms with Crippen LogP contribution in [0.2, 0.25) is 5.02 Å². The van der Waals surface area contributed by atoms with Crippen LogP contribution in [-0.2, 0) is 0 Å². The van der Waals surface area contributed by atoms with Crippen molar-refractivity contribution < 1.29 is 4.39 Å². The Morgan fingerprint density at radius 3 is 2.47 bits per heavy atom. The van der Waals surface area contributed by atoms with E-state index >= 15 is 0 Å². The van der Waals surface area contributed by atoms with Crippen LogP contribution in [0.1, 0.15) is 0 Å². The van der Waals surface area contributed by atoms with Gasteiger partial charge in [0.1, 0.15) is 5.82 Å². The summed E-state index contributed by atoms with van der Waals surface area (Å²) in [5, 5.41) is 6.59. The summed E-state index contributed by atoms with van der Waals surface area (Å²) in [6.07, 6.45) is 0. The fourth-order valence-corrected chi connectivity index (χ4v) is 2.25. The molecule has 2 aromatic rings. The Morgan fingerprint density at radius 1 is 1.11 bits per heavy atom. The number of para-hydroxylation sites is 1. The fraction of sp³-hybridized carbons (Fsp3) is 0. The van der Waals surface area contributed by atoms with Gasteiger partial charge in [0.25, 0.3) is 0 Å². The number of hydrogen-bond acceptors (Lipinski definition) is 1. The van der Waals surface area contributed by atoms with E-state index < -0.39 is 0 Å². The minimum Gasteiger partial charge on any atom is -0.332 e. The Hall–Kier alpha value is -1.17. The second kappa shape index (κ2) is 6.32. The predicted octanol–water partition coefficient (Wildman–Crippen LogP) is 5.05. The zero-order valence-corrected chi connectivity index (χ0v) is 12.7. The Morgan fingerprint density at radius 2 is 1.79 bits per heavy atom. The maximum atomic E-state index is 12.9. The highest BCUT2D eigenvalue weighted by atomic mass is 79.9. The molecule has 0 spiro atoms. The monoisotopic (exact) mass is 358 g/mol. The summed E-state index contributed by atoms with van der Waals surface area (Å²) < 4.78 is 13.8. The molecule has 0 aromatic heterocycles. The van der Waals surface area contributed by atoms with E-state index in [-0.39, 0.29) is 10.8 Å². The van der Waals surface area contributed by atoms with Crippen LogP contribution >= 0.6 is 39.7 Å². The fourth-order valence-electron chi connectivity index (χ4n) is 1.43. The van der Waals surface area contributed by atoms with Gasteiger partial charge in [0.2, 0.25) is 0 Å². The van der Waals surface area contributed by atoms with E-state index in [1.165, 1.54) is 18.2 Å². The van der Waals surface area contributed by atoms with Crippen molar-refractivity contribution in [2.45, 2.75) is 0 Å². The van der Waals surface area contributed by atoms with E-state index in [4.69, 9.17) is 23.8 Å². The van der Waals surface area contributed by atoms with Crippen molar-refractivity contribution in [1.82, 2.24) is 0 Å². The van der Waals surface area contributed by atoms with Gasteiger partial charge in [-0.1, -0.05) is 23.7 Å². The quantitative estimate of drug-likeness (QED) is 0.734. The number of benzene rings is 2. The molecule has 19 heavy (non-hydrogen) atoms. The van der Waals surface area contributed by atoms with E-state index in [1.54, 1.807) is 0 Å². The van der Waals surface area contributed by atoms with Crippen LogP contribution in [0.4, 0.5) is 15.8 Å². The molecule has 2 nitrogen and oxygen atoms in total. The van der Waals surface area contributed by atoms with Gasteiger partial charge in [-0.3, -0.25) is 0 Å². The summed E-state index contributed by atoms with van der Waals surface area (Å²) in [4.78, 5) is 0. The van der Waals surface area contributed by atoms with E-state index in [0.29, 0.717) is 10.8 Å². The Bertz CT molecular complexity index is 621. The standard InChI is InChI=1S/C13H9BrClFN2S/c14-9-3-1-2-4-11(9)17-13(19)18-12-6-5-8(16)7-10(12)15/h1-7H,(H2,17,18,19). The third-order valence-corrected chi connectivity index (χ3v) is 3.51. The highest BCUT2D eigenvalue weighted by Gasteiger charge is 2.05. The molecule has 98 valence electrons. The first-order chi connectivity index (χ1) is 9.06. The molecular weight excluding hydrogens is 351 g/mol. The normalized spacial score (nSPS) is 10.1. The lowest BCUT2D eigenvalue weighted by Crippen LogP contribution is -2.19. The Balaban J connectivity index is 2.08. The summed E-state index contributed by atoms with van der Waals surface area (Å²) in [6, 6.07) is 11.6. The number of halogens is 3. The first-order valence-corrected chi connectivity index (χ1v) is 6.92. The summed E-state index contributed by atoms with van der Waals surface area (Å²) in [5.74, 6) is -0.389. The molecule has 2 aromatic carbocycles. The van der Waals surface area contributed by atoms with Crippen molar-refractivity contribution >= 4 is 56.2 Å². The molecule has 0 aliphatic rings. The van der Waals surface area contributed by atoms with E-state index in [9.17, 15) is 4.39 Å². The van der Waals surface area contributed by atoms with Crippen LogP contribution in [0.3, 0.4) is 0 Å². The molecule has 0 fully saturated rings. The van der Waals surface area contributed by atoms with Gasteiger partial charge in [0.15, 0.2) is 5.11 Å². The lowest BCUT2D eigenvalue weighted by Gasteiger charge is -2.12. The molecule has 0 bridgehead atoms. The van der Waals surface area contributed by atoms with Crippen molar-refractivity contribution in [3.8, 4) is 0 Å².